The van der Waals surface area contributed by atoms with E-state index in [2.05, 4.69) is 39.4 Å². The summed E-state index contributed by atoms with van der Waals surface area (Å²) in [5.41, 5.74) is 2.64. The highest BCUT2D eigenvalue weighted by Crippen LogP contribution is 2.35. The van der Waals surface area contributed by atoms with Crippen molar-refractivity contribution < 1.29 is 4.79 Å². The summed E-state index contributed by atoms with van der Waals surface area (Å²) < 4.78 is 0. The Bertz CT molecular complexity index is 1030. The SMILES string of the molecule is CC1(C)CCC(NC(=O)c2cc3nc(Nc4c(Cl)cccc4Cl)[nH]c3cn2)CC1. The van der Waals surface area contributed by atoms with Gasteiger partial charge in [-0.05, 0) is 49.3 Å². The van der Waals surface area contributed by atoms with Gasteiger partial charge in [-0.15, -0.1) is 0 Å². The van der Waals surface area contributed by atoms with Crippen LogP contribution in [0, 0.1) is 5.41 Å². The van der Waals surface area contributed by atoms with Gasteiger partial charge in [-0.2, -0.15) is 0 Å². The largest absolute Gasteiger partial charge is 0.348 e. The number of benzene rings is 1. The number of amides is 1. The third-order valence-electron chi connectivity index (χ3n) is 5.48. The van der Waals surface area contributed by atoms with Gasteiger partial charge in [0.25, 0.3) is 5.91 Å². The Morgan fingerprint density at radius 1 is 1.21 bits per heavy atom. The average molecular weight is 432 g/mol. The third-order valence-corrected chi connectivity index (χ3v) is 6.11. The fourth-order valence-electron chi connectivity index (χ4n) is 3.63. The summed E-state index contributed by atoms with van der Waals surface area (Å²) in [7, 11) is 0. The van der Waals surface area contributed by atoms with E-state index in [4.69, 9.17) is 23.2 Å². The first-order chi connectivity index (χ1) is 13.8. The van der Waals surface area contributed by atoms with E-state index < -0.39 is 0 Å². The Balaban J connectivity index is 1.49. The Morgan fingerprint density at radius 2 is 1.90 bits per heavy atom. The number of nitrogens with one attached hydrogen (secondary N) is 3. The molecule has 0 atom stereocenters. The maximum Gasteiger partial charge on any atom is 0.270 e. The normalized spacial score (nSPS) is 16.7. The summed E-state index contributed by atoms with van der Waals surface area (Å²) >= 11 is 12.4. The number of nitrogens with zero attached hydrogens (tertiary/aromatic N) is 2. The molecular weight excluding hydrogens is 409 g/mol. The minimum atomic E-state index is -0.164. The van der Waals surface area contributed by atoms with Gasteiger partial charge in [-0.3, -0.25) is 4.79 Å². The molecule has 2 heterocycles. The summed E-state index contributed by atoms with van der Waals surface area (Å²) in [6, 6.07) is 7.15. The highest BCUT2D eigenvalue weighted by molar-refractivity contribution is 6.39. The van der Waals surface area contributed by atoms with Crippen LogP contribution >= 0.6 is 23.2 Å². The Labute approximate surface area is 179 Å². The van der Waals surface area contributed by atoms with Crippen molar-refractivity contribution in [2.24, 2.45) is 5.41 Å². The number of carbonyl (C=O) groups excluding carboxylic acids is 1. The van der Waals surface area contributed by atoms with Gasteiger partial charge in [0.05, 0.1) is 33.0 Å². The predicted octanol–water partition coefficient (Wildman–Crippen LogP) is 5.71. The lowest BCUT2D eigenvalue weighted by molar-refractivity contribution is 0.0904. The highest BCUT2D eigenvalue weighted by atomic mass is 35.5. The second-order valence-corrected chi connectivity index (χ2v) is 9.12. The second-order valence-electron chi connectivity index (χ2n) is 8.31. The quantitative estimate of drug-likeness (QED) is 0.493. The molecule has 0 spiro atoms. The highest BCUT2D eigenvalue weighted by Gasteiger charge is 2.28. The molecule has 0 radical (unpaired) electrons. The van der Waals surface area contributed by atoms with Gasteiger partial charge in [0.2, 0.25) is 5.95 Å². The molecule has 1 amide bonds. The van der Waals surface area contributed by atoms with E-state index >= 15 is 0 Å². The monoisotopic (exact) mass is 431 g/mol. The number of anilines is 2. The zero-order chi connectivity index (χ0) is 20.6. The zero-order valence-corrected chi connectivity index (χ0v) is 17.9. The molecule has 29 heavy (non-hydrogen) atoms. The van der Waals surface area contributed by atoms with Crippen LogP contribution in [0.4, 0.5) is 11.6 Å². The molecule has 6 nitrogen and oxygen atoms in total. The van der Waals surface area contributed by atoms with Crippen LogP contribution in [0.5, 0.6) is 0 Å². The number of para-hydroxylation sites is 1. The number of imidazole rings is 1. The first kappa shape index (κ1) is 20.0. The first-order valence-corrected chi connectivity index (χ1v) is 10.4. The van der Waals surface area contributed by atoms with Gasteiger partial charge < -0.3 is 15.6 Å². The lowest BCUT2D eigenvalue weighted by Gasteiger charge is -2.34. The molecule has 8 heteroatoms. The summed E-state index contributed by atoms with van der Waals surface area (Å²) in [4.78, 5) is 24.6. The van der Waals surface area contributed by atoms with Gasteiger partial charge in [0, 0.05) is 6.04 Å². The van der Waals surface area contributed by atoms with Crippen molar-refractivity contribution in [3.8, 4) is 0 Å². The summed E-state index contributed by atoms with van der Waals surface area (Å²) in [5.74, 6) is 0.312. The average Bonchev–Trinajstić information content (AvgIpc) is 3.08. The molecule has 3 aromatic rings. The summed E-state index contributed by atoms with van der Waals surface area (Å²) in [6.45, 7) is 4.55. The fourth-order valence-corrected chi connectivity index (χ4v) is 4.12. The van der Waals surface area contributed by atoms with E-state index in [1.807, 2.05) is 0 Å². The standard InChI is InChI=1S/C21H23Cl2N5O/c1-21(2)8-6-12(7-9-21)25-19(29)16-10-15-17(11-24-16)27-20(26-15)28-18-13(22)4-3-5-14(18)23/h3-5,10-12H,6-9H2,1-2H3,(H,25,29)(H2,26,27,28). The van der Waals surface area contributed by atoms with Crippen molar-refractivity contribution in [3.05, 3.63) is 46.2 Å². The number of hydrogen-bond acceptors (Lipinski definition) is 4. The van der Waals surface area contributed by atoms with Crippen LogP contribution in [0.25, 0.3) is 11.0 Å². The van der Waals surface area contributed by atoms with Gasteiger partial charge >= 0.3 is 0 Å². The molecule has 1 fully saturated rings. The molecule has 2 aromatic heterocycles. The molecule has 1 aliphatic rings. The third kappa shape index (κ3) is 4.49. The van der Waals surface area contributed by atoms with Crippen molar-refractivity contribution >= 4 is 51.8 Å². The van der Waals surface area contributed by atoms with Crippen LogP contribution in [0.2, 0.25) is 10.0 Å². The molecule has 3 N–H and O–H groups in total. The van der Waals surface area contributed by atoms with E-state index in [9.17, 15) is 4.79 Å². The van der Waals surface area contributed by atoms with Crippen LogP contribution in [0.15, 0.2) is 30.5 Å². The van der Waals surface area contributed by atoms with Crippen molar-refractivity contribution in [1.82, 2.24) is 20.3 Å². The predicted molar refractivity (Wildman–Crippen MR) is 117 cm³/mol. The molecule has 4 rings (SSSR count). The van der Waals surface area contributed by atoms with E-state index in [0.717, 1.165) is 25.7 Å². The number of aromatic amines is 1. The second kappa shape index (κ2) is 7.84. The van der Waals surface area contributed by atoms with Gasteiger partial charge in [0.15, 0.2) is 0 Å². The molecule has 1 aliphatic carbocycles. The van der Waals surface area contributed by atoms with Crippen molar-refractivity contribution in [2.75, 3.05) is 5.32 Å². The van der Waals surface area contributed by atoms with Crippen molar-refractivity contribution in [3.63, 3.8) is 0 Å². The minimum absolute atomic E-state index is 0.164. The maximum absolute atomic E-state index is 12.6. The Morgan fingerprint density at radius 3 is 2.59 bits per heavy atom. The zero-order valence-electron chi connectivity index (χ0n) is 16.4. The molecule has 152 valence electrons. The Hall–Kier alpha value is -2.31. The van der Waals surface area contributed by atoms with Crippen LogP contribution in [-0.4, -0.2) is 26.9 Å². The number of hydrogen-bond donors (Lipinski definition) is 3. The summed E-state index contributed by atoms with van der Waals surface area (Å²) in [6.07, 6.45) is 5.83. The molecule has 1 saturated carbocycles. The van der Waals surface area contributed by atoms with E-state index in [0.29, 0.717) is 43.8 Å². The molecule has 0 aliphatic heterocycles. The molecule has 0 bridgehead atoms. The van der Waals surface area contributed by atoms with Gasteiger partial charge in [-0.1, -0.05) is 43.1 Å². The topological polar surface area (TPSA) is 82.7 Å². The minimum Gasteiger partial charge on any atom is -0.348 e. The molecule has 0 saturated heterocycles. The van der Waals surface area contributed by atoms with Gasteiger partial charge in [-0.25, -0.2) is 9.97 Å². The smallest absolute Gasteiger partial charge is 0.270 e. The van der Waals surface area contributed by atoms with E-state index in [1.165, 1.54) is 0 Å². The number of pyridine rings is 1. The van der Waals surface area contributed by atoms with Crippen LogP contribution in [0.3, 0.4) is 0 Å². The van der Waals surface area contributed by atoms with Crippen LogP contribution in [0.1, 0.15) is 50.0 Å². The van der Waals surface area contributed by atoms with E-state index in [-0.39, 0.29) is 11.9 Å². The number of rotatable bonds is 4. The lowest BCUT2D eigenvalue weighted by Crippen LogP contribution is -2.39. The number of carbonyl (C=O) groups is 1. The Kier molecular flexibility index (Phi) is 5.40. The van der Waals surface area contributed by atoms with E-state index in [1.54, 1.807) is 30.5 Å². The number of fused-ring (bicyclic) bond motifs is 1. The van der Waals surface area contributed by atoms with Crippen LogP contribution < -0.4 is 10.6 Å². The maximum atomic E-state index is 12.6. The first-order valence-electron chi connectivity index (χ1n) is 9.68. The number of halogens is 2. The van der Waals surface area contributed by atoms with Gasteiger partial charge in [0.1, 0.15) is 5.69 Å². The molecule has 0 unspecified atom stereocenters. The number of aromatic nitrogens is 3. The molecule has 1 aromatic carbocycles. The fraction of sp³-hybridized carbons (Fsp3) is 0.381. The molecular formula is C21H23Cl2N5O. The van der Waals surface area contributed by atoms with Crippen LogP contribution in [-0.2, 0) is 0 Å². The van der Waals surface area contributed by atoms with Crippen molar-refractivity contribution in [2.45, 2.75) is 45.6 Å². The summed E-state index contributed by atoms with van der Waals surface area (Å²) in [5, 5.41) is 7.19. The van der Waals surface area contributed by atoms with Crippen molar-refractivity contribution in [1.29, 1.82) is 0 Å². The lowest BCUT2D eigenvalue weighted by atomic mass is 9.75. The number of H-pyrrole nitrogens is 1.